The van der Waals surface area contributed by atoms with E-state index in [1.54, 1.807) is 24.4 Å². The van der Waals surface area contributed by atoms with E-state index in [1.807, 2.05) is 48.5 Å². The predicted molar refractivity (Wildman–Crippen MR) is 138 cm³/mol. The quantitative estimate of drug-likeness (QED) is 0.416. The first-order valence-corrected chi connectivity index (χ1v) is 11.9. The molecule has 7 nitrogen and oxygen atoms in total. The van der Waals surface area contributed by atoms with Crippen molar-refractivity contribution in [1.82, 2.24) is 14.6 Å². The molecule has 1 aliphatic heterocycles. The summed E-state index contributed by atoms with van der Waals surface area (Å²) in [5.74, 6) is 0.442. The lowest BCUT2D eigenvalue weighted by atomic mass is 9.98. The van der Waals surface area contributed by atoms with Gasteiger partial charge in [-0.2, -0.15) is 5.26 Å². The Hall–Kier alpha value is -3.67. The second-order valence-corrected chi connectivity index (χ2v) is 9.21. The molecule has 178 valence electrons. The number of carbonyl (C=O) groups is 2. The van der Waals surface area contributed by atoms with Gasteiger partial charge in [-0.3, -0.25) is 13.9 Å². The van der Waals surface area contributed by atoms with Crippen LogP contribution in [0.2, 0.25) is 0 Å². The third-order valence-corrected chi connectivity index (χ3v) is 6.63. The molecule has 1 fully saturated rings. The number of anilines is 1. The average molecular weight is 486 g/mol. The van der Waals surface area contributed by atoms with Gasteiger partial charge in [0.05, 0.1) is 11.6 Å². The van der Waals surface area contributed by atoms with Crippen LogP contribution in [0.4, 0.5) is 5.82 Å². The Morgan fingerprint density at radius 2 is 1.89 bits per heavy atom. The van der Waals surface area contributed by atoms with Gasteiger partial charge in [0.1, 0.15) is 11.9 Å². The van der Waals surface area contributed by atoms with Crippen molar-refractivity contribution in [3.05, 3.63) is 95.2 Å². The van der Waals surface area contributed by atoms with Crippen molar-refractivity contribution in [2.45, 2.75) is 31.2 Å². The molecule has 0 aliphatic carbocycles. The lowest BCUT2D eigenvalue weighted by molar-refractivity contribution is -0.123. The van der Waals surface area contributed by atoms with Crippen molar-refractivity contribution in [1.29, 1.82) is 5.26 Å². The summed E-state index contributed by atoms with van der Waals surface area (Å²) in [6, 6.07) is 22.3. The third kappa shape index (κ3) is 6.07. The minimum atomic E-state index is -0.566. The molecule has 0 spiro atoms. The topological polar surface area (TPSA) is 98.1 Å². The normalized spacial score (nSPS) is 17.0. The molecule has 3 atom stereocenters. The SMILES string of the molecule is CC(CNC(C(=O)Nc1ccc(C2CC(=O)N(S)C2)cn1)c1ccccc1)c1ccc(C#N)cc1. The first kappa shape index (κ1) is 24.5. The van der Waals surface area contributed by atoms with Gasteiger partial charge in [-0.15, -0.1) is 0 Å². The molecular formula is C27H27N5O2S. The van der Waals surface area contributed by atoms with E-state index < -0.39 is 6.04 Å². The predicted octanol–water partition coefficient (Wildman–Crippen LogP) is 4.19. The Labute approximate surface area is 210 Å². The number of pyridine rings is 1. The molecule has 2 aromatic carbocycles. The lowest BCUT2D eigenvalue weighted by Crippen LogP contribution is -2.35. The van der Waals surface area contributed by atoms with Gasteiger partial charge in [0, 0.05) is 31.6 Å². The second-order valence-electron chi connectivity index (χ2n) is 8.73. The minimum Gasteiger partial charge on any atom is -0.309 e. The zero-order valence-corrected chi connectivity index (χ0v) is 20.3. The van der Waals surface area contributed by atoms with Crippen LogP contribution < -0.4 is 10.6 Å². The van der Waals surface area contributed by atoms with Gasteiger partial charge in [-0.05, 0) is 40.8 Å². The monoisotopic (exact) mass is 485 g/mol. The van der Waals surface area contributed by atoms with Crippen LogP contribution >= 0.6 is 12.8 Å². The van der Waals surface area contributed by atoms with Crippen LogP contribution in [-0.4, -0.2) is 34.2 Å². The van der Waals surface area contributed by atoms with E-state index in [0.717, 1.165) is 16.7 Å². The van der Waals surface area contributed by atoms with Crippen molar-refractivity contribution in [3.63, 3.8) is 0 Å². The van der Waals surface area contributed by atoms with Crippen LogP contribution in [0.25, 0.3) is 0 Å². The summed E-state index contributed by atoms with van der Waals surface area (Å²) < 4.78 is 1.43. The zero-order valence-electron chi connectivity index (χ0n) is 19.4. The maximum atomic E-state index is 13.3. The van der Waals surface area contributed by atoms with Crippen molar-refractivity contribution >= 4 is 30.4 Å². The van der Waals surface area contributed by atoms with E-state index in [1.165, 1.54) is 4.31 Å². The zero-order chi connectivity index (χ0) is 24.8. The molecule has 0 bridgehead atoms. The van der Waals surface area contributed by atoms with Gasteiger partial charge in [0.25, 0.3) is 0 Å². The molecule has 2 N–H and O–H groups in total. The summed E-state index contributed by atoms with van der Waals surface area (Å²) in [7, 11) is 0. The van der Waals surface area contributed by atoms with Crippen molar-refractivity contribution in [2.75, 3.05) is 18.4 Å². The van der Waals surface area contributed by atoms with E-state index in [4.69, 9.17) is 5.26 Å². The second kappa shape index (κ2) is 11.2. The van der Waals surface area contributed by atoms with Crippen LogP contribution in [0.5, 0.6) is 0 Å². The molecule has 0 radical (unpaired) electrons. The molecule has 1 aromatic heterocycles. The number of rotatable bonds is 8. The van der Waals surface area contributed by atoms with E-state index in [2.05, 4.69) is 41.4 Å². The summed E-state index contributed by atoms with van der Waals surface area (Å²) in [5, 5.41) is 15.3. The summed E-state index contributed by atoms with van der Waals surface area (Å²) in [6.07, 6.45) is 2.12. The largest absolute Gasteiger partial charge is 0.309 e. The molecular weight excluding hydrogens is 458 g/mol. The summed E-state index contributed by atoms with van der Waals surface area (Å²) in [4.78, 5) is 29.4. The summed E-state index contributed by atoms with van der Waals surface area (Å²) >= 11 is 4.17. The summed E-state index contributed by atoms with van der Waals surface area (Å²) in [6.45, 7) is 3.20. The maximum Gasteiger partial charge on any atom is 0.247 e. The highest BCUT2D eigenvalue weighted by Gasteiger charge is 2.29. The Morgan fingerprint density at radius 3 is 2.49 bits per heavy atom. The van der Waals surface area contributed by atoms with E-state index in [-0.39, 0.29) is 23.7 Å². The smallest absolute Gasteiger partial charge is 0.247 e. The standard InChI is InChI=1S/C27H27N5O2S/c1-18(20-9-7-19(14-28)8-10-20)15-30-26(21-5-3-2-4-6-21)27(34)31-24-12-11-22(16-29-24)23-13-25(33)32(35)17-23/h2-12,16,18,23,26,30,35H,13,15,17H2,1H3,(H,29,31,34). The van der Waals surface area contributed by atoms with Gasteiger partial charge in [0.15, 0.2) is 0 Å². The Kier molecular flexibility index (Phi) is 7.80. The van der Waals surface area contributed by atoms with Crippen LogP contribution in [-0.2, 0) is 9.59 Å². The third-order valence-electron chi connectivity index (χ3n) is 6.24. The van der Waals surface area contributed by atoms with Crippen LogP contribution in [0.15, 0.2) is 72.9 Å². The first-order valence-electron chi connectivity index (χ1n) is 11.5. The number of amides is 2. The molecule has 2 heterocycles. The first-order chi connectivity index (χ1) is 16.9. The van der Waals surface area contributed by atoms with Gasteiger partial charge < -0.3 is 10.6 Å². The number of carbonyl (C=O) groups excluding carboxylic acids is 2. The van der Waals surface area contributed by atoms with Gasteiger partial charge in [0.2, 0.25) is 11.8 Å². The molecule has 4 rings (SSSR count). The number of nitrogens with zero attached hydrogens (tertiary/aromatic N) is 3. The van der Waals surface area contributed by atoms with Gasteiger partial charge >= 0.3 is 0 Å². The maximum absolute atomic E-state index is 13.3. The molecule has 2 amide bonds. The van der Waals surface area contributed by atoms with Crippen LogP contribution in [0.1, 0.15) is 53.5 Å². The van der Waals surface area contributed by atoms with E-state index in [0.29, 0.717) is 30.9 Å². The fourth-order valence-electron chi connectivity index (χ4n) is 4.14. The molecule has 1 aliphatic rings. The average Bonchev–Trinajstić information content (AvgIpc) is 3.23. The number of hydrogen-bond acceptors (Lipinski definition) is 6. The van der Waals surface area contributed by atoms with Crippen LogP contribution in [0, 0.1) is 11.3 Å². The van der Waals surface area contributed by atoms with Gasteiger partial charge in [-0.25, -0.2) is 4.98 Å². The highest BCUT2D eigenvalue weighted by molar-refractivity contribution is 7.78. The number of nitrogens with one attached hydrogen (secondary N) is 2. The van der Waals surface area contributed by atoms with Crippen molar-refractivity contribution < 1.29 is 9.59 Å². The van der Waals surface area contributed by atoms with E-state index in [9.17, 15) is 9.59 Å². The van der Waals surface area contributed by atoms with Crippen molar-refractivity contribution in [3.8, 4) is 6.07 Å². The number of nitriles is 1. The molecule has 8 heteroatoms. The van der Waals surface area contributed by atoms with Crippen molar-refractivity contribution in [2.24, 2.45) is 0 Å². The highest BCUT2D eigenvalue weighted by atomic mass is 32.1. The minimum absolute atomic E-state index is 0.00252. The lowest BCUT2D eigenvalue weighted by Gasteiger charge is -2.21. The molecule has 0 saturated carbocycles. The number of thiol groups is 1. The number of benzene rings is 2. The fraction of sp³-hybridized carbons (Fsp3) is 0.259. The fourth-order valence-corrected chi connectivity index (χ4v) is 4.42. The Morgan fingerprint density at radius 1 is 1.14 bits per heavy atom. The number of aromatic nitrogens is 1. The number of hydrogen-bond donors (Lipinski definition) is 3. The molecule has 3 aromatic rings. The van der Waals surface area contributed by atoms with Crippen LogP contribution in [0.3, 0.4) is 0 Å². The molecule has 3 unspecified atom stereocenters. The highest BCUT2D eigenvalue weighted by Crippen LogP contribution is 2.29. The Balaban J connectivity index is 1.43. The summed E-state index contributed by atoms with van der Waals surface area (Å²) in [5.41, 5.74) is 3.51. The Bertz CT molecular complexity index is 1210. The molecule has 35 heavy (non-hydrogen) atoms. The molecule has 1 saturated heterocycles. The van der Waals surface area contributed by atoms with E-state index >= 15 is 0 Å². The van der Waals surface area contributed by atoms with Gasteiger partial charge in [-0.1, -0.05) is 68.3 Å².